The highest BCUT2D eigenvalue weighted by Gasteiger charge is 2.19. The van der Waals surface area contributed by atoms with Crippen molar-refractivity contribution in [1.82, 2.24) is 10.3 Å². The molecule has 0 radical (unpaired) electrons. The summed E-state index contributed by atoms with van der Waals surface area (Å²) in [6.45, 7) is 0. The normalized spacial score (nSPS) is 11.7. The summed E-state index contributed by atoms with van der Waals surface area (Å²) in [7, 11) is 0. The van der Waals surface area contributed by atoms with Gasteiger partial charge in [-0.05, 0) is 17.7 Å². The zero-order chi connectivity index (χ0) is 17.6. The van der Waals surface area contributed by atoms with Crippen LogP contribution in [0.1, 0.15) is 5.56 Å². The van der Waals surface area contributed by atoms with Gasteiger partial charge in [0.15, 0.2) is 0 Å². The summed E-state index contributed by atoms with van der Waals surface area (Å²) in [5.41, 5.74) is 6.99. The van der Waals surface area contributed by atoms with Crippen molar-refractivity contribution in [1.29, 1.82) is 0 Å². The van der Waals surface area contributed by atoms with Gasteiger partial charge in [0.25, 0.3) is 0 Å². The van der Waals surface area contributed by atoms with Crippen LogP contribution in [0.25, 0.3) is 10.8 Å². The summed E-state index contributed by atoms with van der Waals surface area (Å²) in [6.07, 6.45) is 3.72. The number of nitrogens with one attached hydrogen (secondary N) is 2. The van der Waals surface area contributed by atoms with Crippen molar-refractivity contribution in [2.45, 2.75) is 12.5 Å². The minimum absolute atomic E-state index is 0.336. The summed E-state index contributed by atoms with van der Waals surface area (Å²) < 4.78 is 0. The van der Waals surface area contributed by atoms with Gasteiger partial charge in [-0.15, -0.1) is 0 Å². The van der Waals surface area contributed by atoms with E-state index in [2.05, 4.69) is 15.6 Å². The third kappa shape index (κ3) is 4.11. The van der Waals surface area contributed by atoms with Gasteiger partial charge in [-0.2, -0.15) is 0 Å². The van der Waals surface area contributed by atoms with Crippen LogP contribution in [0.4, 0.5) is 10.5 Å². The maximum atomic E-state index is 12.3. The second kappa shape index (κ2) is 7.44. The van der Waals surface area contributed by atoms with Gasteiger partial charge in [0.2, 0.25) is 5.91 Å². The molecular formula is C19H18N4O2. The highest BCUT2D eigenvalue weighted by molar-refractivity contribution is 6.02. The summed E-state index contributed by atoms with van der Waals surface area (Å²) in [4.78, 5) is 28.1. The largest absolute Gasteiger partial charge is 0.368 e. The lowest BCUT2D eigenvalue weighted by molar-refractivity contribution is -0.119. The van der Waals surface area contributed by atoms with Gasteiger partial charge in [0, 0.05) is 29.6 Å². The summed E-state index contributed by atoms with van der Waals surface area (Å²) >= 11 is 0. The Hall–Kier alpha value is -3.41. The minimum atomic E-state index is -0.793. The lowest BCUT2D eigenvalue weighted by Crippen LogP contribution is -2.47. The monoisotopic (exact) mass is 334 g/mol. The molecule has 3 aromatic rings. The van der Waals surface area contributed by atoms with Crippen molar-refractivity contribution in [2.75, 3.05) is 5.32 Å². The van der Waals surface area contributed by atoms with Crippen molar-refractivity contribution in [3.63, 3.8) is 0 Å². The maximum absolute atomic E-state index is 12.3. The number of anilines is 1. The molecule has 126 valence electrons. The number of benzene rings is 2. The van der Waals surface area contributed by atoms with E-state index in [1.165, 1.54) is 0 Å². The van der Waals surface area contributed by atoms with Crippen LogP contribution in [0, 0.1) is 0 Å². The number of carbonyl (C=O) groups is 2. The number of hydrogen-bond donors (Lipinski definition) is 3. The number of urea groups is 1. The molecule has 1 atom stereocenters. The fourth-order valence-electron chi connectivity index (χ4n) is 2.62. The number of hydrogen-bond acceptors (Lipinski definition) is 3. The zero-order valence-corrected chi connectivity index (χ0v) is 13.5. The molecule has 6 nitrogen and oxygen atoms in total. The molecule has 0 spiro atoms. The van der Waals surface area contributed by atoms with Gasteiger partial charge in [-0.1, -0.05) is 42.5 Å². The third-order valence-electron chi connectivity index (χ3n) is 3.86. The van der Waals surface area contributed by atoms with E-state index < -0.39 is 18.0 Å². The van der Waals surface area contributed by atoms with Gasteiger partial charge in [-0.25, -0.2) is 4.79 Å². The average molecular weight is 334 g/mol. The third-order valence-corrected chi connectivity index (χ3v) is 3.86. The molecule has 0 bridgehead atoms. The molecular weight excluding hydrogens is 316 g/mol. The predicted octanol–water partition coefficient (Wildman–Crippen LogP) is 2.45. The van der Waals surface area contributed by atoms with Crippen LogP contribution in [0.15, 0.2) is 67.0 Å². The van der Waals surface area contributed by atoms with Crippen LogP contribution >= 0.6 is 0 Å². The number of carbonyl (C=O) groups excluding carboxylic acids is 2. The van der Waals surface area contributed by atoms with E-state index in [4.69, 9.17) is 5.73 Å². The standard InChI is InChI=1S/C19H18N4O2/c20-18(24)17(11-13-5-2-1-3-6-13)23-19(25)22-16-8-4-7-14-12-21-10-9-15(14)16/h1-10,12,17H,11H2,(H2,20,24)(H2,22,23,25). The zero-order valence-electron chi connectivity index (χ0n) is 13.5. The summed E-state index contributed by atoms with van der Waals surface area (Å²) in [5.74, 6) is -0.582. The Labute approximate surface area is 145 Å². The Kier molecular flexibility index (Phi) is 4.89. The number of aromatic nitrogens is 1. The van der Waals surface area contributed by atoms with Gasteiger partial charge in [-0.3, -0.25) is 9.78 Å². The van der Waals surface area contributed by atoms with Gasteiger partial charge >= 0.3 is 6.03 Å². The molecule has 1 aromatic heterocycles. The fourth-order valence-corrected chi connectivity index (χ4v) is 2.62. The molecule has 6 heteroatoms. The van der Waals surface area contributed by atoms with Crippen molar-refractivity contribution in [3.8, 4) is 0 Å². The molecule has 1 unspecified atom stereocenters. The quantitative estimate of drug-likeness (QED) is 0.668. The average Bonchev–Trinajstić information content (AvgIpc) is 2.62. The van der Waals surface area contributed by atoms with E-state index in [0.717, 1.165) is 16.3 Å². The first-order valence-corrected chi connectivity index (χ1v) is 7.87. The number of pyridine rings is 1. The van der Waals surface area contributed by atoms with Gasteiger partial charge < -0.3 is 16.4 Å². The van der Waals surface area contributed by atoms with E-state index >= 15 is 0 Å². The smallest absolute Gasteiger partial charge is 0.319 e. The molecule has 3 amide bonds. The number of nitrogens with zero attached hydrogens (tertiary/aromatic N) is 1. The lowest BCUT2D eigenvalue weighted by Gasteiger charge is -2.17. The Balaban J connectivity index is 1.72. The Bertz CT molecular complexity index is 891. The number of nitrogens with two attached hydrogens (primary N) is 1. The van der Waals surface area contributed by atoms with Gasteiger partial charge in [0.05, 0.1) is 5.69 Å². The van der Waals surface area contributed by atoms with E-state index in [9.17, 15) is 9.59 Å². The molecule has 0 fully saturated rings. The number of rotatable bonds is 5. The van der Waals surface area contributed by atoms with Crippen molar-refractivity contribution in [2.24, 2.45) is 5.73 Å². The Morgan fingerprint density at radius 1 is 1.04 bits per heavy atom. The first kappa shape index (κ1) is 16.4. The second-order valence-electron chi connectivity index (χ2n) is 5.65. The van der Waals surface area contributed by atoms with Crippen LogP contribution in [0.2, 0.25) is 0 Å². The van der Waals surface area contributed by atoms with Crippen LogP contribution in [-0.4, -0.2) is 23.0 Å². The van der Waals surface area contributed by atoms with Crippen LogP contribution in [0.3, 0.4) is 0 Å². The summed E-state index contributed by atoms with van der Waals surface area (Å²) in [6, 6.07) is 15.5. The molecule has 0 saturated heterocycles. The number of amides is 3. The second-order valence-corrected chi connectivity index (χ2v) is 5.65. The molecule has 0 aliphatic rings. The maximum Gasteiger partial charge on any atom is 0.319 e. The molecule has 25 heavy (non-hydrogen) atoms. The lowest BCUT2D eigenvalue weighted by atomic mass is 10.1. The molecule has 0 aliphatic heterocycles. The van der Waals surface area contributed by atoms with Crippen molar-refractivity contribution < 1.29 is 9.59 Å². The molecule has 0 saturated carbocycles. The topological polar surface area (TPSA) is 97.1 Å². The van der Waals surface area contributed by atoms with E-state index in [-0.39, 0.29) is 0 Å². The highest BCUT2D eigenvalue weighted by atomic mass is 16.2. The number of fused-ring (bicyclic) bond motifs is 1. The van der Waals surface area contributed by atoms with Crippen LogP contribution in [-0.2, 0) is 11.2 Å². The Morgan fingerprint density at radius 3 is 2.60 bits per heavy atom. The summed E-state index contributed by atoms with van der Waals surface area (Å²) in [5, 5.41) is 7.19. The minimum Gasteiger partial charge on any atom is -0.368 e. The fraction of sp³-hybridized carbons (Fsp3) is 0.105. The van der Waals surface area contributed by atoms with Crippen LogP contribution in [0.5, 0.6) is 0 Å². The first-order chi connectivity index (χ1) is 12.1. The first-order valence-electron chi connectivity index (χ1n) is 7.87. The predicted molar refractivity (Wildman–Crippen MR) is 97.0 cm³/mol. The van der Waals surface area contributed by atoms with E-state index in [1.807, 2.05) is 48.5 Å². The SMILES string of the molecule is NC(=O)C(Cc1ccccc1)NC(=O)Nc1cccc2cnccc12. The molecule has 3 rings (SSSR count). The van der Waals surface area contributed by atoms with Crippen LogP contribution < -0.4 is 16.4 Å². The number of primary amides is 1. The molecule has 1 heterocycles. The molecule has 0 aliphatic carbocycles. The van der Waals surface area contributed by atoms with E-state index in [0.29, 0.717) is 12.1 Å². The van der Waals surface area contributed by atoms with Crippen molar-refractivity contribution in [3.05, 3.63) is 72.6 Å². The highest BCUT2D eigenvalue weighted by Crippen LogP contribution is 2.21. The molecule has 2 aromatic carbocycles. The Morgan fingerprint density at radius 2 is 1.84 bits per heavy atom. The van der Waals surface area contributed by atoms with Crippen molar-refractivity contribution >= 4 is 28.4 Å². The van der Waals surface area contributed by atoms with E-state index in [1.54, 1.807) is 18.5 Å². The molecule has 4 N–H and O–H groups in total. The van der Waals surface area contributed by atoms with Gasteiger partial charge in [0.1, 0.15) is 6.04 Å².